The average molecular weight is 303 g/mol. The Morgan fingerprint density at radius 3 is 2.95 bits per heavy atom. The molecule has 3 rings (SSSR count). The zero-order valence-corrected chi connectivity index (χ0v) is 12.8. The van der Waals surface area contributed by atoms with Gasteiger partial charge in [-0.25, -0.2) is 0 Å². The summed E-state index contributed by atoms with van der Waals surface area (Å²) in [6, 6.07) is 4.32. The lowest BCUT2D eigenvalue weighted by molar-refractivity contribution is -0.0339. The smallest absolute Gasteiger partial charge is 0.104 e. The highest BCUT2D eigenvalue weighted by molar-refractivity contribution is 7.10. The Balaban J connectivity index is 0.00000133. The molecule has 1 aromatic heterocycles. The third-order valence-electron chi connectivity index (χ3n) is 3.99. The number of halogens is 1. The van der Waals surface area contributed by atoms with Gasteiger partial charge < -0.3 is 10.1 Å². The SMILES string of the molecule is Cl.c1csc(C2CN(CC3CCNCC3)CCO2)c1. The van der Waals surface area contributed by atoms with Crippen molar-refractivity contribution in [2.75, 3.05) is 39.3 Å². The third kappa shape index (κ3) is 4.17. The average Bonchev–Trinajstić information content (AvgIpc) is 2.94. The molecule has 2 aliphatic rings. The lowest BCUT2D eigenvalue weighted by atomic mass is 9.97. The number of ether oxygens (including phenoxy) is 1. The van der Waals surface area contributed by atoms with E-state index < -0.39 is 0 Å². The predicted molar refractivity (Wildman–Crippen MR) is 82.3 cm³/mol. The summed E-state index contributed by atoms with van der Waals surface area (Å²) in [6.45, 7) is 6.71. The van der Waals surface area contributed by atoms with E-state index in [4.69, 9.17) is 4.74 Å². The minimum Gasteiger partial charge on any atom is -0.370 e. The first kappa shape index (κ1) is 15.3. The van der Waals surface area contributed by atoms with Crippen molar-refractivity contribution in [3.8, 4) is 0 Å². The minimum atomic E-state index is 0. The molecule has 2 saturated heterocycles. The number of rotatable bonds is 3. The molecule has 5 heteroatoms. The normalized spacial score (nSPS) is 26.0. The van der Waals surface area contributed by atoms with E-state index in [1.165, 1.54) is 37.4 Å². The molecule has 0 bridgehead atoms. The van der Waals surface area contributed by atoms with Crippen molar-refractivity contribution in [3.05, 3.63) is 22.4 Å². The van der Waals surface area contributed by atoms with Crippen LogP contribution >= 0.6 is 23.7 Å². The van der Waals surface area contributed by atoms with E-state index in [0.29, 0.717) is 6.10 Å². The van der Waals surface area contributed by atoms with E-state index in [-0.39, 0.29) is 12.4 Å². The first-order chi connectivity index (χ1) is 8.92. The molecule has 0 saturated carbocycles. The van der Waals surface area contributed by atoms with Crippen LogP contribution in [0, 0.1) is 5.92 Å². The number of morpholine rings is 1. The summed E-state index contributed by atoms with van der Waals surface area (Å²) in [5, 5.41) is 5.58. The molecule has 108 valence electrons. The fourth-order valence-electron chi connectivity index (χ4n) is 2.94. The molecule has 19 heavy (non-hydrogen) atoms. The Kier molecular flexibility index (Phi) is 6.10. The van der Waals surface area contributed by atoms with Crippen molar-refractivity contribution < 1.29 is 4.74 Å². The highest BCUT2D eigenvalue weighted by Gasteiger charge is 2.25. The van der Waals surface area contributed by atoms with Crippen LogP contribution in [-0.4, -0.2) is 44.2 Å². The van der Waals surface area contributed by atoms with Crippen LogP contribution in [0.2, 0.25) is 0 Å². The van der Waals surface area contributed by atoms with Gasteiger partial charge in [-0.05, 0) is 43.3 Å². The van der Waals surface area contributed by atoms with Gasteiger partial charge in [-0.1, -0.05) is 6.07 Å². The van der Waals surface area contributed by atoms with Crippen molar-refractivity contribution in [2.24, 2.45) is 5.92 Å². The molecule has 0 aliphatic carbocycles. The molecule has 0 aromatic carbocycles. The van der Waals surface area contributed by atoms with Gasteiger partial charge in [-0.3, -0.25) is 4.90 Å². The number of nitrogens with one attached hydrogen (secondary N) is 1. The highest BCUT2D eigenvalue weighted by atomic mass is 35.5. The zero-order valence-electron chi connectivity index (χ0n) is 11.2. The van der Waals surface area contributed by atoms with Crippen LogP contribution in [0.1, 0.15) is 23.8 Å². The molecule has 1 N–H and O–H groups in total. The summed E-state index contributed by atoms with van der Waals surface area (Å²) in [7, 11) is 0. The number of hydrogen-bond donors (Lipinski definition) is 1. The topological polar surface area (TPSA) is 24.5 Å². The highest BCUT2D eigenvalue weighted by Crippen LogP contribution is 2.27. The second-order valence-electron chi connectivity index (χ2n) is 5.33. The van der Waals surface area contributed by atoms with Crippen molar-refractivity contribution in [1.82, 2.24) is 10.2 Å². The van der Waals surface area contributed by atoms with Crippen LogP contribution < -0.4 is 5.32 Å². The molecule has 0 amide bonds. The standard InChI is InChI=1S/C14H22N2OS.ClH/c1-2-14(18-9-1)13-11-16(7-8-17-13)10-12-3-5-15-6-4-12;/h1-2,9,12-13,15H,3-8,10-11H2;1H. The summed E-state index contributed by atoms with van der Waals surface area (Å²) >= 11 is 1.82. The molecule has 2 fully saturated rings. The molecule has 1 aromatic rings. The molecule has 3 nitrogen and oxygen atoms in total. The molecule has 1 atom stereocenters. The van der Waals surface area contributed by atoms with Gasteiger partial charge in [0.25, 0.3) is 0 Å². The van der Waals surface area contributed by atoms with Gasteiger partial charge in [0.15, 0.2) is 0 Å². The van der Waals surface area contributed by atoms with E-state index >= 15 is 0 Å². The molecular formula is C14H23ClN2OS. The first-order valence-electron chi connectivity index (χ1n) is 7.00. The van der Waals surface area contributed by atoms with Crippen LogP contribution in [0.25, 0.3) is 0 Å². The Bertz CT molecular complexity index is 354. The van der Waals surface area contributed by atoms with Crippen molar-refractivity contribution in [2.45, 2.75) is 18.9 Å². The van der Waals surface area contributed by atoms with Crippen LogP contribution in [0.4, 0.5) is 0 Å². The van der Waals surface area contributed by atoms with Crippen LogP contribution in [-0.2, 0) is 4.74 Å². The fourth-order valence-corrected chi connectivity index (χ4v) is 3.71. The number of thiophene rings is 1. The van der Waals surface area contributed by atoms with Crippen molar-refractivity contribution in [1.29, 1.82) is 0 Å². The number of hydrogen-bond acceptors (Lipinski definition) is 4. The van der Waals surface area contributed by atoms with Gasteiger partial charge in [-0.2, -0.15) is 0 Å². The first-order valence-corrected chi connectivity index (χ1v) is 7.88. The fraction of sp³-hybridized carbons (Fsp3) is 0.714. The maximum Gasteiger partial charge on any atom is 0.104 e. The second kappa shape index (κ2) is 7.60. The molecule has 3 heterocycles. The zero-order chi connectivity index (χ0) is 12.2. The van der Waals surface area contributed by atoms with E-state index in [9.17, 15) is 0 Å². The number of piperidine rings is 1. The van der Waals surface area contributed by atoms with Crippen molar-refractivity contribution >= 4 is 23.7 Å². The van der Waals surface area contributed by atoms with Gasteiger partial charge in [0.1, 0.15) is 6.10 Å². The Morgan fingerprint density at radius 2 is 2.21 bits per heavy atom. The lowest BCUT2D eigenvalue weighted by Crippen LogP contribution is -2.42. The molecular weight excluding hydrogens is 280 g/mol. The molecule has 2 aliphatic heterocycles. The van der Waals surface area contributed by atoms with E-state index in [0.717, 1.165) is 25.6 Å². The Labute approximate surface area is 125 Å². The van der Waals surface area contributed by atoms with E-state index in [1.807, 2.05) is 11.3 Å². The summed E-state index contributed by atoms with van der Waals surface area (Å²) in [5.74, 6) is 0.883. The van der Waals surface area contributed by atoms with Gasteiger partial charge in [-0.15, -0.1) is 23.7 Å². The number of nitrogens with zero attached hydrogens (tertiary/aromatic N) is 1. The van der Waals surface area contributed by atoms with Crippen LogP contribution in [0.15, 0.2) is 17.5 Å². The van der Waals surface area contributed by atoms with Gasteiger partial charge in [0.2, 0.25) is 0 Å². The van der Waals surface area contributed by atoms with Crippen LogP contribution in [0.5, 0.6) is 0 Å². The van der Waals surface area contributed by atoms with Crippen LogP contribution in [0.3, 0.4) is 0 Å². The maximum atomic E-state index is 5.90. The summed E-state index contributed by atoms with van der Waals surface area (Å²) in [5.41, 5.74) is 0. The quantitative estimate of drug-likeness (QED) is 0.929. The summed E-state index contributed by atoms with van der Waals surface area (Å²) < 4.78 is 5.90. The molecule has 0 radical (unpaired) electrons. The van der Waals surface area contributed by atoms with E-state index in [1.54, 1.807) is 0 Å². The minimum absolute atomic E-state index is 0. The maximum absolute atomic E-state index is 5.90. The Hall–Kier alpha value is -0.130. The summed E-state index contributed by atoms with van der Waals surface area (Å²) in [4.78, 5) is 3.98. The summed E-state index contributed by atoms with van der Waals surface area (Å²) in [6.07, 6.45) is 2.97. The van der Waals surface area contributed by atoms with Gasteiger partial charge >= 0.3 is 0 Å². The molecule has 0 spiro atoms. The third-order valence-corrected chi connectivity index (χ3v) is 4.95. The largest absolute Gasteiger partial charge is 0.370 e. The molecule has 1 unspecified atom stereocenters. The van der Waals surface area contributed by atoms with Gasteiger partial charge in [0.05, 0.1) is 6.61 Å². The Morgan fingerprint density at radius 1 is 1.37 bits per heavy atom. The van der Waals surface area contributed by atoms with Crippen molar-refractivity contribution in [3.63, 3.8) is 0 Å². The monoisotopic (exact) mass is 302 g/mol. The predicted octanol–water partition coefficient (Wildman–Crippen LogP) is 2.54. The van der Waals surface area contributed by atoms with E-state index in [2.05, 4.69) is 27.7 Å². The second-order valence-corrected chi connectivity index (χ2v) is 6.31. The van der Waals surface area contributed by atoms with Gasteiger partial charge in [0, 0.05) is 24.5 Å². The lowest BCUT2D eigenvalue weighted by Gasteiger charge is -2.35.